The lowest BCUT2D eigenvalue weighted by Gasteiger charge is -2.14. The number of aliphatic hydroxyl groups is 2. The van der Waals surface area contributed by atoms with E-state index in [0.717, 1.165) is 29.1 Å². The Morgan fingerprint density at radius 3 is 2.88 bits per heavy atom. The van der Waals surface area contributed by atoms with Crippen LogP contribution in [0.15, 0.2) is 47.5 Å². The molecule has 0 aromatic rings. The van der Waals surface area contributed by atoms with Crippen molar-refractivity contribution in [3.8, 4) is 0 Å². The van der Waals surface area contributed by atoms with E-state index >= 15 is 0 Å². The van der Waals surface area contributed by atoms with E-state index in [2.05, 4.69) is 17.4 Å². The molecule has 0 aromatic heterocycles. The highest BCUT2D eigenvalue weighted by molar-refractivity contribution is 5.40. The maximum atomic E-state index is 6.01. The summed E-state index contributed by atoms with van der Waals surface area (Å²) in [6, 6.07) is -0.00521. The van der Waals surface area contributed by atoms with Gasteiger partial charge in [0, 0.05) is 11.6 Å². The summed E-state index contributed by atoms with van der Waals surface area (Å²) < 4.78 is 9.90. The van der Waals surface area contributed by atoms with Crippen LogP contribution >= 0.6 is 0 Å². The van der Waals surface area contributed by atoms with E-state index in [4.69, 9.17) is 10.5 Å². The highest BCUT2D eigenvalue weighted by Gasteiger charge is 2.22. The van der Waals surface area contributed by atoms with Crippen molar-refractivity contribution in [3.05, 3.63) is 47.5 Å². The molecule has 0 heterocycles. The van der Waals surface area contributed by atoms with E-state index in [-0.39, 0.29) is 6.04 Å². The second-order valence-electron chi connectivity index (χ2n) is 4.09. The van der Waals surface area contributed by atoms with Gasteiger partial charge in [-0.1, -0.05) is 12.7 Å². The largest absolute Gasteiger partial charge is 0.579 e. The second-order valence-corrected chi connectivity index (χ2v) is 4.09. The van der Waals surface area contributed by atoms with Crippen molar-refractivity contribution in [2.75, 3.05) is 13.7 Å². The van der Waals surface area contributed by atoms with Gasteiger partial charge in [0.25, 0.3) is 5.76 Å². The molecule has 1 unspecified atom stereocenters. The van der Waals surface area contributed by atoms with Crippen molar-refractivity contribution < 1.29 is 9.47 Å². The van der Waals surface area contributed by atoms with Crippen LogP contribution in [-0.2, 0) is 4.74 Å². The molecule has 3 nitrogen and oxygen atoms in total. The van der Waals surface area contributed by atoms with Crippen molar-refractivity contribution in [2.45, 2.75) is 26.3 Å². The molecule has 0 aliphatic heterocycles. The number of hydrogen-bond donors (Lipinski definition) is 1. The van der Waals surface area contributed by atoms with Crippen LogP contribution in [0.5, 0.6) is 0 Å². The van der Waals surface area contributed by atoms with E-state index in [1.54, 1.807) is 13.2 Å². The minimum atomic E-state index is -0.00521. The van der Waals surface area contributed by atoms with Crippen LogP contribution in [-0.4, -0.2) is 24.5 Å². The zero-order chi connectivity index (χ0) is 12.8. The van der Waals surface area contributed by atoms with Gasteiger partial charge in [-0.05, 0) is 32.4 Å². The van der Waals surface area contributed by atoms with Gasteiger partial charge in [-0.25, -0.2) is 0 Å². The second kappa shape index (κ2) is 6.30. The van der Waals surface area contributed by atoms with Crippen molar-refractivity contribution in [2.24, 2.45) is 5.73 Å². The Kier molecular flexibility index (Phi) is 5.04. The zero-order valence-electron chi connectivity index (χ0n) is 10.9. The molecule has 0 amide bonds. The summed E-state index contributed by atoms with van der Waals surface area (Å²) in [6.45, 7) is 8.29. The Morgan fingerprint density at radius 2 is 2.35 bits per heavy atom. The first-order valence-electron chi connectivity index (χ1n) is 5.80. The van der Waals surface area contributed by atoms with E-state index in [1.165, 1.54) is 0 Å². The van der Waals surface area contributed by atoms with Crippen LogP contribution in [0.4, 0.5) is 0 Å². The lowest BCUT2D eigenvalue weighted by atomic mass is 10.0. The van der Waals surface area contributed by atoms with Gasteiger partial charge in [0.2, 0.25) is 0 Å². The van der Waals surface area contributed by atoms with Crippen molar-refractivity contribution in [1.29, 1.82) is 0 Å². The highest BCUT2D eigenvalue weighted by Crippen LogP contribution is 2.26. The van der Waals surface area contributed by atoms with Gasteiger partial charge < -0.3 is 15.2 Å². The Bertz CT molecular complexity index is 376. The summed E-state index contributed by atoms with van der Waals surface area (Å²) >= 11 is 0. The summed E-state index contributed by atoms with van der Waals surface area (Å²) in [7, 11) is 1.67. The Labute approximate surface area is 103 Å². The molecule has 1 aliphatic carbocycles. The van der Waals surface area contributed by atoms with Crippen LogP contribution in [0.1, 0.15) is 20.3 Å². The number of hydrogen-bond acceptors (Lipinski definition) is 2. The summed E-state index contributed by atoms with van der Waals surface area (Å²) in [5.74, 6) is 1.81. The first kappa shape index (κ1) is 13.6. The van der Waals surface area contributed by atoms with Gasteiger partial charge in [-0.2, -0.15) is 0 Å². The quantitative estimate of drug-likeness (QED) is 0.587. The molecule has 0 saturated heterocycles. The molecule has 17 heavy (non-hydrogen) atoms. The molecule has 0 aromatic carbocycles. The lowest BCUT2D eigenvalue weighted by Crippen LogP contribution is -2.21. The van der Waals surface area contributed by atoms with Gasteiger partial charge in [0.15, 0.2) is 6.61 Å². The number of methoxy groups -OCH3 is 1. The first-order valence-corrected chi connectivity index (χ1v) is 5.80. The molecular formula is C14H22NO2+. The highest BCUT2D eigenvalue weighted by atomic mass is 16.5. The smallest absolute Gasteiger partial charge is 0.262 e. The fourth-order valence-electron chi connectivity index (χ4n) is 1.87. The molecule has 3 N–H and O–H groups in total. The topological polar surface area (TPSA) is 48.0 Å². The Hall–Kier alpha value is -1.48. The minimum absolute atomic E-state index is 0.00521. The summed E-state index contributed by atoms with van der Waals surface area (Å²) in [6.07, 6.45) is 6.65. The van der Waals surface area contributed by atoms with Crippen LogP contribution in [0.25, 0.3) is 0 Å². The monoisotopic (exact) mass is 236 g/mol. The maximum Gasteiger partial charge on any atom is 0.262 e. The predicted molar refractivity (Wildman–Crippen MR) is 71.4 cm³/mol. The first-order chi connectivity index (χ1) is 8.11. The van der Waals surface area contributed by atoms with E-state index in [0.29, 0.717) is 6.61 Å². The van der Waals surface area contributed by atoms with Crippen LogP contribution in [0.2, 0.25) is 0 Å². The lowest BCUT2D eigenvalue weighted by molar-refractivity contribution is 0.0597. The Balaban J connectivity index is 3.18. The fraction of sp³-hybridized carbons (Fsp3) is 0.429. The van der Waals surface area contributed by atoms with Crippen molar-refractivity contribution >= 4 is 0 Å². The standard InChI is InChI=1S/C14H21NO2/c1-5-9-17-14-10(2)13(16-4)8-6-7-12(14)11(3)15/h5-6,8,11H,1,7,9,15H2,2-4H3/p+1. The molecule has 1 rings (SSSR count). The molecule has 0 radical (unpaired) electrons. The van der Waals surface area contributed by atoms with Crippen LogP contribution in [0, 0.1) is 0 Å². The van der Waals surface area contributed by atoms with Crippen LogP contribution < -0.4 is 5.73 Å². The average molecular weight is 236 g/mol. The molecule has 94 valence electrons. The normalized spacial score (nSPS) is 17.9. The van der Waals surface area contributed by atoms with Crippen molar-refractivity contribution in [1.82, 2.24) is 0 Å². The van der Waals surface area contributed by atoms with Crippen molar-refractivity contribution in [3.63, 3.8) is 0 Å². The summed E-state index contributed by atoms with van der Waals surface area (Å²) in [4.78, 5) is 0. The van der Waals surface area contributed by atoms with Gasteiger partial charge in [-0.3, -0.25) is 0 Å². The third-order valence-corrected chi connectivity index (χ3v) is 2.78. The zero-order valence-corrected chi connectivity index (χ0v) is 10.9. The van der Waals surface area contributed by atoms with Crippen LogP contribution in [0.3, 0.4) is 0 Å². The van der Waals surface area contributed by atoms with Gasteiger partial charge in [0.05, 0.1) is 12.7 Å². The molecule has 1 atom stereocenters. The van der Waals surface area contributed by atoms with Gasteiger partial charge in [0.1, 0.15) is 5.76 Å². The van der Waals surface area contributed by atoms with E-state index in [9.17, 15) is 0 Å². The van der Waals surface area contributed by atoms with Gasteiger partial charge >= 0.3 is 0 Å². The molecule has 0 fully saturated rings. The fourth-order valence-corrected chi connectivity index (χ4v) is 1.87. The SMILES string of the molecule is C=CC[OH+]C1=C(C(C)N)CC=CC(OC)=C1C. The maximum absolute atomic E-state index is 6.01. The molecule has 1 aliphatic rings. The summed E-state index contributed by atoms with van der Waals surface area (Å²) in [5, 5.41) is 0. The molecular weight excluding hydrogens is 214 g/mol. The number of allylic oxidation sites excluding steroid dienone is 3. The van der Waals surface area contributed by atoms with Gasteiger partial charge in [-0.15, -0.1) is 0 Å². The molecule has 3 heteroatoms. The Morgan fingerprint density at radius 1 is 1.65 bits per heavy atom. The third-order valence-electron chi connectivity index (χ3n) is 2.78. The number of rotatable bonds is 5. The molecule has 0 spiro atoms. The average Bonchev–Trinajstić information content (AvgIpc) is 2.46. The summed E-state index contributed by atoms with van der Waals surface area (Å²) in [5.41, 5.74) is 8.19. The third kappa shape index (κ3) is 3.24. The predicted octanol–water partition coefficient (Wildman–Crippen LogP) is 2.18. The molecule has 0 saturated carbocycles. The molecule has 0 bridgehead atoms. The van der Waals surface area contributed by atoms with E-state index < -0.39 is 0 Å². The number of nitrogens with two attached hydrogens (primary N) is 1. The minimum Gasteiger partial charge on any atom is -0.579 e. The number of ether oxygens (including phenoxy) is 2. The van der Waals surface area contributed by atoms with E-state index in [1.807, 2.05) is 19.9 Å².